The summed E-state index contributed by atoms with van der Waals surface area (Å²) in [7, 11) is 0. The first kappa shape index (κ1) is 30.2. The molecule has 43 heavy (non-hydrogen) atoms. The van der Waals surface area contributed by atoms with E-state index in [2.05, 4.69) is 18.8 Å². The molecule has 3 heterocycles. The number of benzene rings is 2. The summed E-state index contributed by atoms with van der Waals surface area (Å²) in [5.41, 5.74) is 3.77. The molecule has 1 amide bonds. The highest BCUT2D eigenvalue weighted by Gasteiger charge is 2.34. The molecule has 1 aliphatic heterocycles. The Balaban J connectivity index is 1.88. The maximum Gasteiger partial charge on any atom is 0.407 e. The molecule has 9 nitrogen and oxygen atoms in total. The maximum absolute atomic E-state index is 14.1. The zero-order valence-electron chi connectivity index (χ0n) is 25.2. The van der Waals surface area contributed by atoms with E-state index in [1.165, 1.54) is 9.47 Å². The van der Waals surface area contributed by atoms with E-state index in [-0.39, 0.29) is 30.5 Å². The standard InChI is InChI=1S/C33H36ClN5O4/c1-18(2)23-11-7-8-12-25(23)28-27(34)14-26-30(37-15-21(6)38(33(42)43)16-20(37)5)36-32(41)39(31(26)35-28)29-22(17-40)10-9-13-24(29)19(3)4/h7-14,17-21H,15-16H2,1-6H3,(H,42,43). The Hall–Kier alpha value is -4.24. The Labute approximate surface area is 255 Å². The summed E-state index contributed by atoms with van der Waals surface area (Å²) in [6, 6.07) is 14.5. The van der Waals surface area contributed by atoms with Crippen molar-refractivity contribution in [3.05, 3.63) is 80.7 Å². The van der Waals surface area contributed by atoms with Crippen LogP contribution in [0.3, 0.4) is 0 Å². The number of fused-ring (bicyclic) bond motifs is 1. The molecule has 2 aromatic heterocycles. The lowest BCUT2D eigenvalue weighted by Crippen LogP contribution is -2.58. The molecule has 0 radical (unpaired) electrons. The number of anilines is 1. The van der Waals surface area contributed by atoms with Gasteiger partial charge in [0.25, 0.3) is 0 Å². The highest BCUT2D eigenvalue weighted by atomic mass is 35.5. The van der Waals surface area contributed by atoms with Gasteiger partial charge < -0.3 is 14.9 Å². The Morgan fingerprint density at radius 2 is 1.65 bits per heavy atom. The predicted molar refractivity (Wildman–Crippen MR) is 170 cm³/mol. The quantitative estimate of drug-likeness (QED) is 0.244. The molecule has 0 aliphatic carbocycles. The number of para-hydroxylation sites is 1. The molecule has 2 aromatic carbocycles. The molecule has 224 valence electrons. The van der Waals surface area contributed by atoms with Gasteiger partial charge >= 0.3 is 11.8 Å². The second-order valence-electron chi connectivity index (χ2n) is 11.8. The minimum atomic E-state index is -0.989. The number of carboxylic acid groups (broad SMARTS) is 1. The molecular formula is C33H36ClN5O4. The van der Waals surface area contributed by atoms with Crippen LogP contribution in [-0.4, -0.2) is 62.1 Å². The number of aromatic nitrogens is 3. The van der Waals surface area contributed by atoms with Crippen LogP contribution in [0.25, 0.3) is 28.0 Å². The summed E-state index contributed by atoms with van der Waals surface area (Å²) in [4.78, 5) is 51.3. The van der Waals surface area contributed by atoms with E-state index >= 15 is 0 Å². The summed E-state index contributed by atoms with van der Waals surface area (Å²) in [6.45, 7) is 12.5. The number of pyridine rings is 1. The van der Waals surface area contributed by atoms with Crippen molar-refractivity contribution < 1.29 is 14.7 Å². The SMILES string of the molecule is CC(C)c1ccccc1-c1nc2c(cc1Cl)c(N1CC(C)N(C(=O)O)CC1C)nc(=O)n2-c1c(C=O)cccc1C(C)C. The van der Waals surface area contributed by atoms with Gasteiger partial charge in [-0.05, 0) is 48.9 Å². The number of nitrogens with zero attached hydrogens (tertiary/aromatic N) is 5. The lowest BCUT2D eigenvalue weighted by Gasteiger charge is -2.43. The number of hydrogen-bond acceptors (Lipinski definition) is 6. The zero-order chi connectivity index (χ0) is 31.2. The van der Waals surface area contributed by atoms with Crippen LogP contribution < -0.4 is 10.6 Å². The molecular weight excluding hydrogens is 566 g/mol. The Kier molecular flexibility index (Phi) is 8.29. The van der Waals surface area contributed by atoms with Gasteiger partial charge in [0, 0.05) is 36.3 Å². The molecule has 5 rings (SSSR count). The molecule has 1 aliphatic rings. The molecule has 0 bridgehead atoms. The van der Waals surface area contributed by atoms with Gasteiger partial charge in [0.1, 0.15) is 5.82 Å². The first-order valence-corrected chi connectivity index (χ1v) is 14.9. The first-order chi connectivity index (χ1) is 20.4. The third-order valence-electron chi connectivity index (χ3n) is 8.21. The summed E-state index contributed by atoms with van der Waals surface area (Å²) in [5, 5.41) is 10.6. The number of halogens is 1. The molecule has 0 spiro atoms. The fourth-order valence-corrected chi connectivity index (χ4v) is 6.27. The van der Waals surface area contributed by atoms with Crippen molar-refractivity contribution in [3.63, 3.8) is 0 Å². The van der Waals surface area contributed by atoms with Gasteiger partial charge in [-0.15, -0.1) is 0 Å². The first-order valence-electron chi connectivity index (χ1n) is 14.5. The van der Waals surface area contributed by atoms with E-state index in [1.807, 2.05) is 62.9 Å². The smallest absolute Gasteiger partial charge is 0.407 e. The van der Waals surface area contributed by atoms with Crippen LogP contribution in [0.2, 0.25) is 5.02 Å². The zero-order valence-corrected chi connectivity index (χ0v) is 26.0. The van der Waals surface area contributed by atoms with E-state index in [0.717, 1.165) is 23.0 Å². The minimum absolute atomic E-state index is 0.00469. The summed E-state index contributed by atoms with van der Waals surface area (Å²) in [6.07, 6.45) is -0.246. The summed E-state index contributed by atoms with van der Waals surface area (Å²) < 4.78 is 1.43. The van der Waals surface area contributed by atoms with Crippen molar-refractivity contribution in [3.8, 4) is 16.9 Å². The van der Waals surface area contributed by atoms with Crippen LogP contribution in [0.5, 0.6) is 0 Å². The summed E-state index contributed by atoms with van der Waals surface area (Å²) in [5.74, 6) is 0.569. The molecule has 1 N–H and O–H groups in total. The molecule has 1 fully saturated rings. The molecule has 4 aromatic rings. The van der Waals surface area contributed by atoms with Crippen molar-refractivity contribution in [2.75, 3.05) is 18.0 Å². The fourth-order valence-electron chi connectivity index (χ4n) is 6.02. The number of hydrogen-bond donors (Lipinski definition) is 1. The van der Waals surface area contributed by atoms with Crippen molar-refractivity contribution >= 4 is 40.8 Å². The van der Waals surface area contributed by atoms with Crippen molar-refractivity contribution in [2.24, 2.45) is 0 Å². The minimum Gasteiger partial charge on any atom is -0.465 e. The largest absolute Gasteiger partial charge is 0.465 e. The third-order valence-corrected chi connectivity index (χ3v) is 8.50. The van der Waals surface area contributed by atoms with Gasteiger partial charge in [0.05, 0.1) is 21.8 Å². The van der Waals surface area contributed by atoms with Gasteiger partial charge in [-0.25, -0.2) is 19.1 Å². The topological polar surface area (TPSA) is 109 Å². The van der Waals surface area contributed by atoms with Crippen LogP contribution in [-0.2, 0) is 0 Å². The monoisotopic (exact) mass is 601 g/mol. The second kappa shape index (κ2) is 11.8. The van der Waals surface area contributed by atoms with E-state index in [0.29, 0.717) is 45.4 Å². The number of carbonyl (C=O) groups is 2. The van der Waals surface area contributed by atoms with Crippen molar-refractivity contribution in [2.45, 2.75) is 65.5 Å². The molecule has 2 unspecified atom stereocenters. The summed E-state index contributed by atoms with van der Waals surface area (Å²) >= 11 is 7.00. The van der Waals surface area contributed by atoms with Crippen LogP contribution in [0, 0.1) is 0 Å². The lowest BCUT2D eigenvalue weighted by atomic mass is 9.95. The van der Waals surface area contributed by atoms with Crippen molar-refractivity contribution in [1.29, 1.82) is 0 Å². The highest BCUT2D eigenvalue weighted by molar-refractivity contribution is 6.34. The van der Waals surface area contributed by atoms with Gasteiger partial charge in [0.2, 0.25) is 0 Å². The van der Waals surface area contributed by atoms with E-state index in [4.69, 9.17) is 16.6 Å². The van der Waals surface area contributed by atoms with Gasteiger partial charge in [-0.2, -0.15) is 4.98 Å². The Morgan fingerprint density at radius 3 is 2.30 bits per heavy atom. The van der Waals surface area contributed by atoms with Crippen LogP contribution in [0.15, 0.2) is 53.3 Å². The number of carbonyl (C=O) groups excluding carboxylic acids is 1. The van der Waals surface area contributed by atoms with Crippen LogP contribution in [0.1, 0.15) is 74.9 Å². The van der Waals surface area contributed by atoms with E-state index in [9.17, 15) is 19.5 Å². The van der Waals surface area contributed by atoms with Crippen LogP contribution >= 0.6 is 11.6 Å². The van der Waals surface area contributed by atoms with Gasteiger partial charge in [-0.3, -0.25) is 4.79 Å². The molecule has 10 heteroatoms. The molecule has 2 atom stereocenters. The maximum atomic E-state index is 14.1. The second-order valence-corrected chi connectivity index (χ2v) is 12.2. The lowest BCUT2D eigenvalue weighted by molar-refractivity contribution is 0.112. The third kappa shape index (κ3) is 5.38. The average Bonchev–Trinajstić information content (AvgIpc) is 2.97. The van der Waals surface area contributed by atoms with Crippen LogP contribution in [0.4, 0.5) is 10.6 Å². The average molecular weight is 602 g/mol. The Morgan fingerprint density at radius 1 is 0.977 bits per heavy atom. The number of amides is 1. The van der Waals surface area contributed by atoms with Gasteiger partial charge in [0.15, 0.2) is 11.9 Å². The fraction of sp³-hybridized carbons (Fsp3) is 0.364. The normalized spacial score (nSPS) is 17.2. The molecule has 0 saturated carbocycles. The predicted octanol–water partition coefficient (Wildman–Crippen LogP) is 6.74. The highest BCUT2D eigenvalue weighted by Crippen LogP contribution is 2.38. The van der Waals surface area contributed by atoms with E-state index in [1.54, 1.807) is 18.2 Å². The van der Waals surface area contributed by atoms with E-state index < -0.39 is 11.8 Å². The number of piperazine rings is 1. The Bertz CT molecular complexity index is 1780. The number of aldehydes is 1. The molecule has 1 saturated heterocycles. The number of rotatable bonds is 6. The van der Waals surface area contributed by atoms with Gasteiger partial charge in [-0.1, -0.05) is 75.7 Å². The van der Waals surface area contributed by atoms with Crippen molar-refractivity contribution in [1.82, 2.24) is 19.4 Å².